The Morgan fingerprint density at radius 1 is 1.00 bits per heavy atom. The van der Waals surface area contributed by atoms with Gasteiger partial charge in [-0.05, 0) is 48.2 Å². The molecule has 2 aromatic rings. The van der Waals surface area contributed by atoms with Gasteiger partial charge in [0, 0.05) is 18.3 Å². The summed E-state index contributed by atoms with van der Waals surface area (Å²) in [5.41, 5.74) is 2.44. The van der Waals surface area contributed by atoms with Crippen LogP contribution in [-0.2, 0) is 9.59 Å². The van der Waals surface area contributed by atoms with Crippen LogP contribution in [0.5, 0.6) is 5.75 Å². The number of amides is 2. The molecule has 2 rings (SSSR count). The molecule has 0 aliphatic carbocycles. The SMILES string of the molecule is CCC(C)c1ccccc1OCC(=O)Nc1ccc(NC(C)=O)cc1. The predicted octanol–water partition coefficient (Wildman–Crippen LogP) is 4.18. The Labute approximate surface area is 148 Å². The standard InChI is InChI=1S/C20H24N2O3/c1-4-14(2)18-7-5-6-8-19(18)25-13-20(24)22-17-11-9-16(10-12-17)21-15(3)23/h5-12,14H,4,13H2,1-3H3,(H,21,23)(H,22,24). The lowest BCUT2D eigenvalue weighted by atomic mass is 9.98. The number of rotatable bonds is 7. The molecule has 0 aromatic heterocycles. The molecular formula is C20H24N2O3. The van der Waals surface area contributed by atoms with Crippen molar-refractivity contribution in [3.63, 3.8) is 0 Å². The molecule has 2 aromatic carbocycles. The first-order chi connectivity index (χ1) is 12.0. The number of carbonyl (C=O) groups is 2. The number of hydrogen-bond donors (Lipinski definition) is 2. The molecule has 0 aliphatic rings. The summed E-state index contributed by atoms with van der Waals surface area (Å²) in [6.07, 6.45) is 1.01. The van der Waals surface area contributed by atoms with Gasteiger partial charge in [-0.2, -0.15) is 0 Å². The van der Waals surface area contributed by atoms with E-state index in [4.69, 9.17) is 4.74 Å². The fraction of sp³-hybridized carbons (Fsp3) is 0.300. The summed E-state index contributed by atoms with van der Waals surface area (Å²) in [4.78, 5) is 23.1. The van der Waals surface area contributed by atoms with Crippen molar-refractivity contribution in [2.24, 2.45) is 0 Å². The minimum atomic E-state index is -0.230. The zero-order chi connectivity index (χ0) is 18.2. The summed E-state index contributed by atoms with van der Waals surface area (Å²) in [7, 11) is 0. The summed E-state index contributed by atoms with van der Waals surface area (Å²) in [6, 6.07) is 14.7. The second-order valence-corrected chi connectivity index (χ2v) is 5.94. The van der Waals surface area contributed by atoms with Crippen LogP contribution in [0.15, 0.2) is 48.5 Å². The fourth-order valence-electron chi connectivity index (χ4n) is 2.42. The van der Waals surface area contributed by atoms with Gasteiger partial charge in [0.2, 0.25) is 5.91 Å². The Bertz CT molecular complexity index is 726. The molecule has 1 atom stereocenters. The van der Waals surface area contributed by atoms with Gasteiger partial charge in [-0.3, -0.25) is 9.59 Å². The van der Waals surface area contributed by atoms with Crippen LogP contribution in [0.1, 0.15) is 38.7 Å². The van der Waals surface area contributed by atoms with Crippen molar-refractivity contribution in [1.82, 2.24) is 0 Å². The Balaban J connectivity index is 1.92. The first-order valence-corrected chi connectivity index (χ1v) is 8.38. The molecule has 132 valence electrons. The van der Waals surface area contributed by atoms with Crippen LogP contribution < -0.4 is 15.4 Å². The van der Waals surface area contributed by atoms with Gasteiger partial charge in [0.05, 0.1) is 0 Å². The van der Waals surface area contributed by atoms with E-state index in [1.807, 2.05) is 24.3 Å². The van der Waals surface area contributed by atoms with E-state index in [-0.39, 0.29) is 18.4 Å². The van der Waals surface area contributed by atoms with E-state index in [2.05, 4.69) is 24.5 Å². The minimum Gasteiger partial charge on any atom is -0.483 e. The van der Waals surface area contributed by atoms with Crippen molar-refractivity contribution in [2.75, 3.05) is 17.2 Å². The zero-order valence-corrected chi connectivity index (χ0v) is 14.8. The summed E-state index contributed by atoms with van der Waals surface area (Å²) < 4.78 is 5.70. The quantitative estimate of drug-likeness (QED) is 0.795. The maximum atomic E-state index is 12.1. The zero-order valence-electron chi connectivity index (χ0n) is 14.8. The molecule has 0 heterocycles. The van der Waals surface area contributed by atoms with Crippen molar-refractivity contribution in [3.05, 3.63) is 54.1 Å². The largest absolute Gasteiger partial charge is 0.483 e. The number of carbonyl (C=O) groups excluding carboxylic acids is 2. The van der Waals surface area contributed by atoms with Gasteiger partial charge in [-0.25, -0.2) is 0 Å². The molecule has 25 heavy (non-hydrogen) atoms. The van der Waals surface area contributed by atoms with E-state index in [1.165, 1.54) is 6.92 Å². The second kappa shape index (κ2) is 8.87. The van der Waals surface area contributed by atoms with E-state index < -0.39 is 0 Å². The predicted molar refractivity (Wildman–Crippen MR) is 100 cm³/mol. The first kappa shape index (κ1) is 18.5. The highest BCUT2D eigenvalue weighted by Gasteiger charge is 2.11. The Kier molecular flexibility index (Phi) is 6.57. The molecule has 0 fully saturated rings. The molecule has 1 unspecified atom stereocenters. The number of benzene rings is 2. The van der Waals surface area contributed by atoms with Crippen molar-refractivity contribution in [3.8, 4) is 5.75 Å². The molecule has 0 aliphatic heterocycles. The monoisotopic (exact) mass is 340 g/mol. The first-order valence-electron chi connectivity index (χ1n) is 8.38. The summed E-state index contributed by atoms with van der Waals surface area (Å²) in [5, 5.41) is 5.46. The number of ether oxygens (including phenoxy) is 1. The van der Waals surface area contributed by atoms with Gasteiger partial charge in [-0.1, -0.05) is 32.0 Å². The van der Waals surface area contributed by atoms with Crippen molar-refractivity contribution < 1.29 is 14.3 Å². The third-order valence-corrected chi connectivity index (χ3v) is 3.91. The average Bonchev–Trinajstić information content (AvgIpc) is 2.61. The van der Waals surface area contributed by atoms with Crippen LogP contribution in [0.25, 0.3) is 0 Å². The fourth-order valence-corrected chi connectivity index (χ4v) is 2.42. The molecule has 0 bridgehead atoms. The molecule has 5 heteroatoms. The Morgan fingerprint density at radius 2 is 1.60 bits per heavy atom. The Morgan fingerprint density at radius 3 is 2.20 bits per heavy atom. The Hall–Kier alpha value is -2.82. The lowest BCUT2D eigenvalue weighted by Crippen LogP contribution is -2.20. The second-order valence-electron chi connectivity index (χ2n) is 5.94. The highest BCUT2D eigenvalue weighted by atomic mass is 16.5. The van der Waals surface area contributed by atoms with Gasteiger partial charge < -0.3 is 15.4 Å². The van der Waals surface area contributed by atoms with Crippen molar-refractivity contribution >= 4 is 23.2 Å². The van der Waals surface area contributed by atoms with Gasteiger partial charge in [0.25, 0.3) is 5.91 Å². The lowest BCUT2D eigenvalue weighted by molar-refractivity contribution is -0.118. The maximum absolute atomic E-state index is 12.1. The van der Waals surface area contributed by atoms with Crippen LogP contribution in [0.4, 0.5) is 11.4 Å². The van der Waals surface area contributed by atoms with Crippen LogP contribution >= 0.6 is 0 Å². The highest BCUT2D eigenvalue weighted by Crippen LogP contribution is 2.28. The number of para-hydroxylation sites is 1. The molecule has 0 spiro atoms. The highest BCUT2D eigenvalue weighted by molar-refractivity contribution is 5.93. The maximum Gasteiger partial charge on any atom is 0.262 e. The summed E-state index contributed by atoms with van der Waals surface area (Å²) in [6.45, 7) is 5.66. The average molecular weight is 340 g/mol. The molecule has 2 N–H and O–H groups in total. The van der Waals surface area contributed by atoms with Gasteiger partial charge in [0.15, 0.2) is 6.61 Å². The lowest BCUT2D eigenvalue weighted by Gasteiger charge is -2.15. The third kappa shape index (κ3) is 5.64. The minimum absolute atomic E-state index is 0.0547. The van der Waals surface area contributed by atoms with Gasteiger partial charge >= 0.3 is 0 Å². The summed E-state index contributed by atoms with van der Waals surface area (Å²) >= 11 is 0. The summed E-state index contributed by atoms with van der Waals surface area (Å²) in [5.74, 6) is 0.755. The van der Waals surface area contributed by atoms with Crippen LogP contribution in [0.2, 0.25) is 0 Å². The molecule has 0 radical (unpaired) electrons. The topological polar surface area (TPSA) is 67.4 Å². The molecule has 2 amide bonds. The molecular weight excluding hydrogens is 316 g/mol. The number of anilines is 2. The molecule has 0 saturated heterocycles. The number of nitrogens with one attached hydrogen (secondary N) is 2. The van der Waals surface area contributed by atoms with E-state index in [0.717, 1.165) is 17.7 Å². The smallest absolute Gasteiger partial charge is 0.262 e. The molecule has 5 nitrogen and oxygen atoms in total. The number of hydrogen-bond acceptors (Lipinski definition) is 3. The van der Waals surface area contributed by atoms with Crippen LogP contribution in [0, 0.1) is 0 Å². The van der Waals surface area contributed by atoms with E-state index >= 15 is 0 Å². The van der Waals surface area contributed by atoms with Crippen molar-refractivity contribution in [2.45, 2.75) is 33.1 Å². The van der Waals surface area contributed by atoms with E-state index in [0.29, 0.717) is 17.3 Å². The van der Waals surface area contributed by atoms with Gasteiger partial charge in [-0.15, -0.1) is 0 Å². The van der Waals surface area contributed by atoms with E-state index in [1.54, 1.807) is 24.3 Å². The van der Waals surface area contributed by atoms with Crippen LogP contribution in [-0.4, -0.2) is 18.4 Å². The molecule has 0 saturated carbocycles. The normalized spacial score (nSPS) is 11.5. The van der Waals surface area contributed by atoms with E-state index in [9.17, 15) is 9.59 Å². The van der Waals surface area contributed by atoms with Gasteiger partial charge in [0.1, 0.15) is 5.75 Å². The van der Waals surface area contributed by atoms with Crippen LogP contribution in [0.3, 0.4) is 0 Å². The van der Waals surface area contributed by atoms with Crippen molar-refractivity contribution in [1.29, 1.82) is 0 Å². The third-order valence-electron chi connectivity index (χ3n) is 3.91.